The van der Waals surface area contributed by atoms with Gasteiger partial charge in [-0.2, -0.15) is 0 Å². The molecule has 0 atom stereocenters. The molecule has 7 N–H and O–H groups in total. The molecule has 10 rings (SSSR count). The van der Waals surface area contributed by atoms with Crippen molar-refractivity contribution in [1.82, 2.24) is 10.3 Å². The molecule has 0 saturated carbocycles. The highest BCUT2D eigenvalue weighted by molar-refractivity contribution is 9.10. The van der Waals surface area contributed by atoms with Crippen LogP contribution in [0.15, 0.2) is 247 Å². The molecular weight excluding hydrogens is 1210 g/mol. The smallest absolute Gasteiger partial charge is 0.303 e. The molecule has 0 spiro atoms. The van der Waals surface area contributed by atoms with Crippen LogP contribution in [0, 0.1) is 23.3 Å². The number of pyridine rings is 1. The number of carboxylic acid groups (broad SMARTS) is 2. The van der Waals surface area contributed by atoms with Crippen LogP contribution in [0.4, 0.5) is 17.6 Å². The van der Waals surface area contributed by atoms with E-state index in [4.69, 9.17) is 21.7 Å². The van der Waals surface area contributed by atoms with Crippen LogP contribution in [0.1, 0.15) is 70.3 Å². The molecule has 0 unspecified atom stereocenters. The van der Waals surface area contributed by atoms with Gasteiger partial charge in [-0.25, -0.2) is 17.6 Å². The molecule has 1 aromatic heterocycles. The molecule has 2 amide bonds. The Morgan fingerprint density at radius 2 is 0.733 bits per heavy atom. The van der Waals surface area contributed by atoms with Crippen molar-refractivity contribution in [2.45, 2.75) is 64.2 Å². The van der Waals surface area contributed by atoms with E-state index in [2.05, 4.69) is 26.2 Å². The summed E-state index contributed by atoms with van der Waals surface area (Å²) >= 11 is 3.31. The van der Waals surface area contributed by atoms with Crippen molar-refractivity contribution in [2.24, 2.45) is 11.5 Å². The van der Waals surface area contributed by atoms with Gasteiger partial charge in [0, 0.05) is 64.9 Å². The number of halogens is 5. The van der Waals surface area contributed by atoms with Crippen LogP contribution in [0.25, 0.3) is 44.5 Å². The fourth-order valence-corrected chi connectivity index (χ4v) is 9.27. The average Bonchev–Trinajstić information content (AvgIpc) is 3.72. The van der Waals surface area contributed by atoms with Gasteiger partial charge < -0.3 is 27.0 Å². The summed E-state index contributed by atoms with van der Waals surface area (Å²) < 4.78 is 55.5. The lowest BCUT2D eigenvalue weighted by atomic mass is 10.0. The third kappa shape index (κ3) is 24.4. The molecule has 15 heteroatoms. The Morgan fingerprint density at radius 3 is 1.04 bits per heavy atom. The minimum Gasteiger partial charge on any atom is -0.481 e. The Morgan fingerprint density at radius 1 is 0.411 bits per heavy atom. The highest BCUT2D eigenvalue weighted by Gasteiger charge is 2.10. The van der Waals surface area contributed by atoms with Gasteiger partial charge in [-0.3, -0.25) is 24.2 Å². The molecule has 0 aliphatic rings. The number of hydrogen-bond donors (Lipinski definition) is 5. The van der Waals surface area contributed by atoms with E-state index < -0.39 is 11.9 Å². The summed E-state index contributed by atoms with van der Waals surface area (Å²) in [5.74, 6) is -2.86. The van der Waals surface area contributed by atoms with E-state index >= 15 is 0 Å². The van der Waals surface area contributed by atoms with Crippen LogP contribution in [-0.4, -0.2) is 52.0 Å². The summed E-state index contributed by atoms with van der Waals surface area (Å²) in [4.78, 5) is 47.2. The predicted molar refractivity (Wildman–Crippen MR) is 353 cm³/mol. The second-order valence-corrected chi connectivity index (χ2v) is 21.5. The predicted octanol–water partition coefficient (Wildman–Crippen LogP) is 16.5. The molecular formula is C75H71BrF4N4O6. The number of carbonyl (C=O) groups is 4. The molecule has 0 bridgehead atoms. The van der Waals surface area contributed by atoms with Crippen molar-refractivity contribution in [2.75, 3.05) is 13.1 Å². The lowest BCUT2D eigenvalue weighted by Crippen LogP contribution is -2.24. The second-order valence-electron chi connectivity index (χ2n) is 20.6. The number of benzene rings is 9. The SMILES string of the molecule is NC(=O)CCc1ccc(-c2ccccc2F)cc1.NCCCc1ccc(-c2ccccc2F)cc1.O=C(NCCCc1ccc(-c2ccccc2F)cc1)c1cccnc1.O=C(O)CCc1ccc(-c2ccccc2F)cc1.O=C(O)CCc1ccc(Br)cc1. The largest absolute Gasteiger partial charge is 0.481 e. The van der Waals surface area contributed by atoms with Gasteiger partial charge in [-0.15, -0.1) is 0 Å². The van der Waals surface area contributed by atoms with Gasteiger partial charge in [-0.1, -0.05) is 198 Å². The Labute approximate surface area is 531 Å². The van der Waals surface area contributed by atoms with Gasteiger partial charge in [0.2, 0.25) is 5.91 Å². The second kappa shape index (κ2) is 37.8. The standard InChI is InChI=1S/C21H19FN2O.C15H14FNO.C15H16FN.C15H13FO2.C9H9BrO2/c22-20-8-2-1-7-19(20)17-11-9-16(10-12-17)5-3-14-24-21(25)18-6-4-13-23-15-18;16-14-4-2-1-3-13(14)12-8-5-11(6-9-12)7-10-15(17)18;16-15-6-2-1-5-14(15)13-9-7-12(8-10-13)4-3-11-17;16-14-4-2-1-3-13(14)12-8-5-11(6-9-12)7-10-15(17)18;10-8-4-1-7(2-5-8)3-6-9(11)12/h1-2,4,6-13,15H,3,5,14H2,(H,24,25);1-6,8-9H,7,10H2,(H2,17,18);1-2,5-10H,3-4,11,17H2;1-6,8-9H,7,10H2,(H,17,18);1-2,4-5H,3,6H2,(H,11,12). The zero-order valence-corrected chi connectivity index (χ0v) is 51.2. The molecule has 9 aromatic carbocycles. The normalized spacial score (nSPS) is 10.3. The van der Waals surface area contributed by atoms with Crippen LogP contribution in [0.2, 0.25) is 0 Å². The van der Waals surface area contributed by atoms with E-state index in [1.165, 1.54) is 29.8 Å². The summed E-state index contributed by atoms with van der Waals surface area (Å²) in [6.07, 6.45) is 9.20. The maximum absolute atomic E-state index is 13.8. The van der Waals surface area contributed by atoms with Gasteiger partial charge in [0.15, 0.2) is 0 Å². The number of nitrogens with zero attached hydrogens (tertiary/aromatic N) is 1. The molecule has 0 fully saturated rings. The summed E-state index contributed by atoms with van der Waals surface area (Å²) in [5, 5.41) is 19.9. The fraction of sp³-hybridized carbons (Fsp3) is 0.160. The third-order valence-electron chi connectivity index (χ3n) is 13.9. The lowest BCUT2D eigenvalue weighted by molar-refractivity contribution is -0.138. The van der Waals surface area contributed by atoms with Crippen molar-refractivity contribution in [3.05, 3.63) is 304 Å². The first-order chi connectivity index (χ1) is 43.6. The van der Waals surface area contributed by atoms with Crippen molar-refractivity contribution in [3.8, 4) is 44.5 Å². The zero-order valence-electron chi connectivity index (χ0n) is 49.6. The van der Waals surface area contributed by atoms with E-state index in [9.17, 15) is 36.7 Å². The summed E-state index contributed by atoms with van der Waals surface area (Å²) in [6.45, 7) is 1.30. The number of hydrogen-bond acceptors (Lipinski definition) is 6. The first kappa shape index (κ1) is 69.3. The van der Waals surface area contributed by atoms with Crippen molar-refractivity contribution in [1.29, 1.82) is 0 Å². The minimum atomic E-state index is -0.812. The van der Waals surface area contributed by atoms with Gasteiger partial charge in [-0.05, 0) is 150 Å². The monoisotopic (exact) mass is 1280 g/mol. The Balaban J connectivity index is 0.000000182. The summed E-state index contributed by atoms with van der Waals surface area (Å²) in [7, 11) is 0. The van der Waals surface area contributed by atoms with E-state index in [1.54, 1.807) is 85.2 Å². The first-order valence-corrected chi connectivity index (χ1v) is 30.1. The molecule has 10 nitrogen and oxygen atoms in total. The molecule has 0 aliphatic carbocycles. The number of aryl methyl sites for hydroxylation is 5. The van der Waals surface area contributed by atoms with E-state index in [1.807, 2.05) is 133 Å². The van der Waals surface area contributed by atoms with Crippen LogP contribution >= 0.6 is 15.9 Å². The number of aromatic nitrogens is 1. The van der Waals surface area contributed by atoms with Crippen LogP contribution in [0.3, 0.4) is 0 Å². The number of amides is 2. The zero-order chi connectivity index (χ0) is 64.5. The van der Waals surface area contributed by atoms with Crippen LogP contribution in [-0.2, 0) is 46.5 Å². The number of carbonyl (C=O) groups excluding carboxylic acids is 2. The van der Waals surface area contributed by atoms with Crippen molar-refractivity contribution in [3.63, 3.8) is 0 Å². The van der Waals surface area contributed by atoms with Gasteiger partial charge in [0.05, 0.1) is 5.56 Å². The topological polar surface area (TPSA) is 186 Å². The maximum atomic E-state index is 13.8. The molecule has 0 radical (unpaired) electrons. The number of rotatable bonds is 21. The number of carboxylic acids is 2. The Kier molecular flexibility index (Phi) is 29.1. The average molecular weight is 1280 g/mol. The van der Waals surface area contributed by atoms with Crippen molar-refractivity contribution >= 4 is 39.7 Å². The van der Waals surface area contributed by atoms with E-state index in [0.717, 1.165) is 74.7 Å². The fourth-order valence-electron chi connectivity index (χ4n) is 9.01. The Bertz CT molecular complexity index is 3720. The molecule has 0 aliphatic heterocycles. The van der Waals surface area contributed by atoms with Gasteiger partial charge in [0.1, 0.15) is 23.3 Å². The highest BCUT2D eigenvalue weighted by atomic mass is 79.9. The minimum absolute atomic E-state index is 0.108. The first-order valence-electron chi connectivity index (χ1n) is 29.3. The molecule has 0 saturated heterocycles. The summed E-state index contributed by atoms with van der Waals surface area (Å²) in [5.41, 5.74) is 22.4. The quantitative estimate of drug-likeness (QED) is 0.0347. The van der Waals surface area contributed by atoms with Crippen LogP contribution in [0.5, 0.6) is 0 Å². The number of nitrogens with two attached hydrogens (primary N) is 2. The Hall–Kier alpha value is -9.83. The third-order valence-corrected chi connectivity index (χ3v) is 14.4. The molecule has 10 aromatic rings. The summed E-state index contributed by atoms with van der Waals surface area (Å²) in [6, 6.07) is 68.7. The molecule has 90 heavy (non-hydrogen) atoms. The molecule has 1 heterocycles. The molecule has 462 valence electrons. The van der Waals surface area contributed by atoms with Crippen LogP contribution < -0.4 is 16.8 Å². The van der Waals surface area contributed by atoms with E-state index in [0.29, 0.717) is 66.6 Å². The van der Waals surface area contributed by atoms with Gasteiger partial charge in [0.25, 0.3) is 5.91 Å². The van der Waals surface area contributed by atoms with Gasteiger partial charge >= 0.3 is 11.9 Å². The number of nitrogens with one attached hydrogen (secondary N) is 1. The van der Waals surface area contributed by atoms with E-state index in [-0.39, 0.29) is 47.9 Å². The maximum Gasteiger partial charge on any atom is 0.303 e. The lowest BCUT2D eigenvalue weighted by Gasteiger charge is -2.07. The highest BCUT2D eigenvalue weighted by Crippen LogP contribution is 2.27. The number of aliphatic carboxylic acids is 2. The van der Waals surface area contributed by atoms with Crippen molar-refractivity contribution < 1.29 is 47.0 Å². The number of primary amides is 1.